The first-order valence-electron chi connectivity index (χ1n) is 11.2. The maximum Gasteiger partial charge on any atom is 0.168 e. The summed E-state index contributed by atoms with van der Waals surface area (Å²) in [5.74, 6) is 2.05. The molecule has 0 radical (unpaired) electrons. The van der Waals surface area contributed by atoms with E-state index in [1.165, 1.54) is 6.07 Å². The van der Waals surface area contributed by atoms with Gasteiger partial charge in [-0.25, -0.2) is 9.07 Å². The maximum absolute atomic E-state index is 14.2. The standard InChI is InChI=1S/C24H31FN6O/c1-18(2)16-23(30-14-12-29(13-15-30)22-7-5-4-6-21(22)25)24-26-27-28-31(24)17-19-8-10-20(32-3)11-9-19/h4-11,18,23H,12-17H2,1-3H3/t23-/m0/s1. The van der Waals surface area contributed by atoms with Crippen molar-refractivity contribution < 1.29 is 9.13 Å². The lowest BCUT2D eigenvalue weighted by Crippen LogP contribution is -2.48. The van der Waals surface area contributed by atoms with Crippen LogP contribution in [0.2, 0.25) is 0 Å². The summed E-state index contributed by atoms with van der Waals surface area (Å²) >= 11 is 0. The highest BCUT2D eigenvalue weighted by molar-refractivity contribution is 5.48. The fraction of sp³-hybridized carbons (Fsp3) is 0.458. The zero-order valence-electron chi connectivity index (χ0n) is 19.0. The van der Waals surface area contributed by atoms with Crippen molar-refractivity contribution in [3.63, 3.8) is 0 Å². The van der Waals surface area contributed by atoms with E-state index in [1.807, 2.05) is 41.1 Å². The third-order valence-corrected chi connectivity index (χ3v) is 5.99. The molecule has 2 aromatic carbocycles. The van der Waals surface area contributed by atoms with Crippen molar-refractivity contribution >= 4 is 5.69 Å². The van der Waals surface area contributed by atoms with Gasteiger partial charge in [-0.2, -0.15) is 0 Å². The number of hydrogen-bond acceptors (Lipinski definition) is 6. The molecular formula is C24H31FN6O. The summed E-state index contributed by atoms with van der Waals surface area (Å²) in [4.78, 5) is 4.56. The summed E-state index contributed by atoms with van der Waals surface area (Å²) in [5.41, 5.74) is 1.80. The molecule has 32 heavy (non-hydrogen) atoms. The van der Waals surface area contributed by atoms with Crippen molar-refractivity contribution in [1.29, 1.82) is 0 Å². The molecule has 1 fully saturated rings. The first-order valence-corrected chi connectivity index (χ1v) is 11.2. The third-order valence-electron chi connectivity index (χ3n) is 5.99. The van der Waals surface area contributed by atoms with Gasteiger partial charge < -0.3 is 9.64 Å². The maximum atomic E-state index is 14.2. The second-order valence-electron chi connectivity index (χ2n) is 8.66. The van der Waals surface area contributed by atoms with Crippen LogP contribution < -0.4 is 9.64 Å². The van der Waals surface area contributed by atoms with Crippen LogP contribution in [0.5, 0.6) is 5.75 Å². The number of rotatable bonds is 8. The Balaban J connectivity index is 1.50. The van der Waals surface area contributed by atoms with Crippen LogP contribution in [0.1, 0.15) is 37.7 Å². The summed E-state index contributed by atoms with van der Waals surface area (Å²) < 4.78 is 21.4. The number of anilines is 1. The molecule has 4 rings (SSSR count). The molecule has 8 heteroatoms. The van der Waals surface area contributed by atoms with Crippen LogP contribution in [0.15, 0.2) is 48.5 Å². The SMILES string of the molecule is COc1ccc(Cn2nnnc2[C@H](CC(C)C)N2CCN(c3ccccc3F)CC2)cc1. The highest BCUT2D eigenvalue weighted by Gasteiger charge is 2.30. The van der Waals surface area contributed by atoms with E-state index < -0.39 is 0 Å². The molecule has 0 amide bonds. The third kappa shape index (κ3) is 5.07. The topological polar surface area (TPSA) is 59.3 Å². The monoisotopic (exact) mass is 438 g/mol. The quantitative estimate of drug-likeness (QED) is 0.534. The molecule has 1 atom stereocenters. The molecule has 0 N–H and O–H groups in total. The lowest BCUT2D eigenvalue weighted by molar-refractivity contribution is 0.153. The molecule has 0 aliphatic carbocycles. The van der Waals surface area contributed by atoms with Gasteiger partial charge in [0, 0.05) is 26.2 Å². The molecular weight excluding hydrogens is 407 g/mol. The molecule has 7 nitrogen and oxygen atoms in total. The Morgan fingerprint density at radius 2 is 1.72 bits per heavy atom. The fourth-order valence-corrected chi connectivity index (χ4v) is 4.31. The first kappa shape index (κ1) is 22.2. The number of ether oxygens (including phenoxy) is 1. The van der Waals surface area contributed by atoms with E-state index in [0.29, 0.717) is 18.2 Å². The van der Waals surface area contributed by atoms with Gasteiger partial charge in [0.1, 0.15) is 11.6 Å². The average molecular weight is 439 g/mol. The highest BCUT2D eigenvalue weighted by Crippen LogP contribution is 2.29. The van der Waals surface area contributed by atoms with E-state index in [4.69, 9.17) is 4.74 Å². The van der Waals surface area contributed by atoms with Gasteiger partial charge in [-0.3, -0.25) is 4.90 Å². The van der Waals surface area contributed by atoms with E-state index >= 15 is 0 Å². The minimum absolute atomic E-state index is 0.117. The second-order valence-corrected chi connectivity index (χ2v) is 8.66. The molecule has 1 aliphatic rings. The van der Waals surface area contributed by atoms with E-state index in [0.717, 1.165) is 49.7 Å². The van der Waals surface area contributed by atoms with Crippen LogP contribution in [0, 0.1) is 11.7 Å². The summed E-state index contributed by atoms with van der Waals surface area (Å²) in [6.45, 7) is 8.27. The van der Waals surface area contributed by atoms with E-state index in [2.05, 4.69) is 39.2 Å². The fourth-order valence-electron chi connectivity index (χ4n) is 4.31. The van der Waals surface area contributed by atoms with Crippen LogP contribution in [-0.4, -0.2) is 58.4 Å². The molecule has 170 valence electrons. The lowest BCUT2D eigenvalue weighted by Gasteiger charge is -2.40. The Labute approximate surface area is 188 Å². The molecule has 0 saturated carbocycles. The molecule has 2 heterocycles. The van der Waals surface area contributed by atoms with Gasteiger partial charge in [0.05, 0.1) is 25.4 Å². The molecule has 1 aromatic heterocycles. The smallest absolute Gasteiger partial charge is 0.168 e. The summed E-state index contributed by atoms with van der Waals surface area (Å²) in [6, 6.07) is 15.1. The summed E-state index contributed by atoms with van der Waals surface area (Å²) in [7, 11) is 1.66. The van der Waals surface area contributed by atoms with Crippen LogP contribution in [-0.2, 0) is 6.54 Å². The molecule has 0 spiro atoms. The van der Waals surface area contributed by atoms with Crippen molar-refractivity contribution in [2.75, 3.05) is 38.2 Å². The number of benzene rings is 2. The zero-order chi connectivity index (χ0) is 22.5. The minimum atomic E-state index is -0.164. The van der Waals surface area contributed by atoms with Crippen molar-refractivity contribution in [2.24, 2.45) is 5.92 Å². The van der Waals surface area contributed by atoms with Crippen molar-refractivity contribution in [3.8, 4) is 5.75 Å². The van der Waals surface area contributed by atoms with E-state index in [-0.39, 0.29) is 11.9 Å². The number of tetrazole rings is 1. The predicted molar refractivity (Wildman–Crippen MR) is 122 cm³/mol. The summed E-state index contributed by atoms with van der Waals surface area (Å²) in [5, 5.41) is 12.7. The Hall–Kier alpha value is -3.00. The Kier molecular flexibility index (Phi) is 6.99. The van der Waals surface area contributed by atoms with Crippen LogP contribution in [0.4, 0.5) is 10.1 Å². The van der Waals surface area contributed by atoms with Crippen molar-refractivity contribution in [1.82, 2.24) is 25.1 Å². The number of nitrogens with zero attached hydrogens (tertiary/aromatic N) is 6. The van der Waals surface area contributed by atoms with Crippen molar-refractivity contribution in [2.45, 2.75) is 32.9 Å². The largest absolute Gasteiger partial charge is 0.497 e. The van der Waals surface area contributed by atoms with E-state index in [1.54, 1.807) is 13.2 Å². The zero-order valence-corrected chi connectivity index (χ0v) is 19.0. The minimum Gasteiger partial charge on any atom is -0.497 e. The summed E-state index contributed by atoms with van der Waals surface area (Å²) in [6.07, 6.45) is 0.961. The molecule has 1 aliphatic heterocycles. The number of halogens is 1. The number of hydrogen-bond donors (Lipinski definition) is 0. The first-order chi connectivity index (χ1) is 15.5. The lowest BCUT2D eigenvalue weighted by atomic mass is 10.0. The Bertz CT molecular complexity index is 998. The normalized spacial score (nSPS) is 15.8. The van der Waals surface area contributed by atoms with Gasteiger partial charge in [0.25, 0.3) is 0 Å². The van der Waals surface area contributed by atoms with Gasteiger partial charge in [0.15, 0.2) is 5.82 Å². The number of methoxy groups -OCH3 is 1. The van der Waals surface area contributed by atoms with Crippen LogP contribution >= 0.6 is 0 Å². The molecule has 0 unspecified atom stereocenters. The Morgan fingerprint density at radius 1 is 1.00 bits per heavy atom. The van der Waals surface area contributed by atoms with Gasteiger partial charge in [-0.15, -0.1) is 5.10 Å². The van der Waals surface area contributed by atoms with Crippen LogP contribution in [0.3, 0.4) is 0 Å². The van der Waals surface area contributed by atoms with Gasteiger partial charge in [-0.05, 0) is 52.6 Å². The van der Waals surface area contributed by atoms with Gasteiger partial charge in [-0.1, -0.05) is 38.1 Å². The van der Waals surface area contributed by atoms with Gasteiger partial charge >= 0.3 is 0 Å². The Morgan fingerprint density at radius 3 is 2.38 bits per heavy atom. The van der Waals surface area contributed by atoms with Gasteiger partial charge in [0.2, 0.25) is 0 Å². The van der Waals surface area contributed by atoms with E-state index in [9.17, 15) is 4.39 Å². The molecule has 3 aromatic rings. The molecule has 1 saturated heterocycles. The molecule has 0 bridgehead atoms. The predicted octanol–water partition coefficient (Wildman–Crippen LogP) is 3.78. The number of piperazine rings is 1. The van der Waals surface area contributed by atoms with Crippen LogP contribution in [0.25, 0.3) is 0 Å². The highest BCUT2D eigenvalue weighted by atomic mass is 19.1. The second kappa shape index (κ2) is 10.1. The average Bonchev–Trinajstić information content (AvgIpc) is 3.26. The number of aromatic nitrogens is 4. The number of para-hydroxylation sites is 1. The van der Waals surface area contributed by atoms with Crippen molar-refractivity contribution in [3.05, 3.63) is 65.7 Å².